The molecule has 0 aliphatic heterocycles. The van der Waals surface area contributed by atoms with Crippen LogP contribution in [0.25, 0.3) is 0 Å². The van der Waals surface area contributed by atoms with Gasteiger partial charge in [-0.3, -0.25) is 0 Å². The Kier molecular flexibility index (Phi) is 5.63. The van der Waals surface area contributed by atoms with Crippen molar-refractivity contribution < 1.29 is 5.11 Å². The van der Waals surface area contributed by atoms with Crippen molar-refractivity contribution in [2.75, 3.05) is 6.26 Å². The first-order valence-electron chi connectivity index (χ1n) is 4.97. The van der Waals surface area contributed by atoms with Gasteiger partial charge in [0.05, 0.1) is 10.3 Å². The largest absolute Gasteiger partial charge is 0.392 e. The van der Waals surface area contributed by atoms with E-state index in [1.165, 1.54) is 0 Å². The van der Waals surface area contributed by atoms with E-state index in [2.05, 4.69) is 27.7 Å². The van der Waals surface area contributed by atoms with Gasteiger partial charge in [-0.1, -0.05) is 46.8 Å². The SMILES string of the molecule is CSC(=S)[C@@H](C)[C@H](O)[C@@H](C)C(C)(C)C. The first-order chi connectivity index (χ1) is 6.21. The Bertz CT molecular complexity index is 196. The lowest BCUT2D eigenvalue weighted by molar-refractivity contribution is 0.0353. The zero-order valence-electron chi connectivity index (χ0n) is 10.00. The highest BCUT2D eigenvalue weighted by atomic mass is 32.2. The predicted octanol–water partition coefficient (Wildman–Crippen LogP) is 3.36. The zero-order chi connectivity index (χ0) is 11.5. The molecule has 1 N–H and O–H groups in total. The molecule has 1 nitrogen and oxygen atoms in total. The van der Waals surface area contributed by atoms with E-state index in [4.69, 9.17) is 12.2 Å². The van der Waals surface area contributed by atoms with Crippen LogP contribution in [0.2, 0.25) is 0 Å². The average Bonchev–Trinajstić information content (AvgIpc) is 2.11. The lowest BCUT2D eigenvalue weighted by Gasteiger charge is -2.34. The highest BCUT2D eigenvalue weighted by Crippen LogP contribution is 2.32. The van der Waals surface area contributed by atoms with Gasteiger partial charge in [0, 0.05) is 5.92 Å². The van der Waals surface area contributed by atoms with Crippen LogP contribution in [0.5, 0.6) is 0 Å². The number of thioether (sulfide) groups is 1. The van der Waals surface area contributed by atoms with Gasteiger partial charge in [-0.15, -0.1) is 11.8 Å². The van der Waals surface area contributed by atoms with Crippen molar-refractivity contribution in [1.82, 2.24) is 0 Å². The second-order valence-electron chi connectivity index (χ2n) is 4.96. The van der Waals surface area contributed by atoms with Gasteiger partial charge in [-0.2, -0.15) is 0 Å². The van der Waals surface area contributed by atoms with Crippen molar-refractivity contribution in [1.29, 1.82) is 0 Å². The Hall–Kier alpha value is 0.400. The molecule has 0 aliphatic rings. The molecule has 0 fully saturated rings. The fourth-order valence-electron chi connectivity index (χ4n) is 1.27. The maximum Gasteiger partial charge on any atom is 0.0649 e. The molecule has 14 heavy (non-hydrogen) atoms. The van der Waals surface area contributed by atoms with Gasteiger partial charge in [0.1, 0.15) is 0 Å². The number of aliphatic hydroxyl groups excluding tert-OH is 1. The topological polar surface area (TPSA) is 20.2 Å². The lowest BCUT2D eigenvalue weighted by atomic mass is 9.76. The highest BCUT2D eigenvalue weighted by molar-refractivity contribution is 8.22. The van der Waals surface area contributed by atoms with Crippen LogP contribution in [-0.4, -0.2) is 21.7 Å². The minimum atomic E-state index is -0.338. The van der Waals surface area contributed by atoms with Crippen molar-refractivity contribution in [3.63, 3.8) is 0 Å². The fraction of sp³-hybridized carbons (Fsp3) is 0.909. The predicted molar refractivity (Wildman–Crippen MR) is 69.9 cm³/mol. The normalized spacial score (nSPS) is 18.8. The van der Waals surface area contributed by atoms with E-state index in [9.17, 15) is 5.11 Å². The lowest BCUT2D eigenvalue weighted by Crippen LogP contribution is -2.36. The molecular weight excluding hydrogens is 212 g/mol. The summed E-state index contributed by atoms with van der Waals surface area (Å²) in [5.41, 5.74) is 0.127. The van der Waals surface area contributed by atoms with Gasteiger partial charge in [0.2, 0.25) is 0 Å². The third kappa shape index (κ3) is 3.87. The first kappa shape index (κ1) is 14.4. The highest BCUT2D eigenvalue weighted by Gasteiger charge is 2.31. The summed E-state index contributed by atoms with van der Waals surface area (Å²) >= 11 is 6.76. The molecule has 0 heterocycles. The van der Waals surface area contributed by atoms with E-state index >= 15 is 0 Å². The minimum Gasteiger partial charge on any atom is -0.392 e. The van der Waals surface area contributed by atoms with E-state index in [0.717, 1.165) is 4.20 Å². The quantitative estimate of drug-likeness (QED) is 0.756. The third-order valence-corrected chi connectivity index (χ3v) is 4.61. The molecule has 0 aromatic heterocycles. The Morgan fingerprint density at radius 1 is 1.29 bits per heavy atom. The number of thiocarbonyl (C=S) groups is 1. The summed E-state index contributed by atoms with van der Waals surface area (Å²) in [6.45, 7) is 10.5. The standard InChI is InChI=1S/C11H22OS2/c1-7(10(13)14-6)9(12)8(2)11(3,4)5/h7-9,12H,1-6H3/t7-,8+,9-/m0/s1. The monoisotopic (exact) mass is 234 g/mol. The number of aliphatic hydroxyl groups is 1. The van der Waals surface area contributed by atoms with Gasteiger partial charge in [0.15, 0.2) is 0 Å². The molecule has 0 bridgehead atoms. The molecule has 0 aromatic rings. The maximum atomic E-state index is 10.1. The summed E-state index contributed by atoms with van der Waals surface area (Å²) in [5.74, 6) is 0.344. The van der Waals surface area contributed by atoms with Crippen molar-refractivity contribution >= 4 is 28.2 Å². The van der Waals surface area contributed by atoms with Gasteiger partial charge >= 0.3 is 0 Å². The molecule has 0 spiro atoms. The second kappa shape index (κ2) is 5.47. The first-order valence-corrected chi connectivity index (χ1v) is 6.61. The molecule has 0 unspecified atom stereocenters. The van der Waals surface area contributed by atoms with Crippen LogP contribution >= 0.6 is 24.0 Å². The molecule has 84 valence electrons. The second-order valence-corrected chi connectivity index (χ2v) is 6.50. The van der Waals surface area contributed by atoms with Crippen LogP contribution in [0, 0.1) is 17.3 Å². The molecular formula is C11H22OS2. The van der Waals surface area contributed by atoms with Crippen LogP contribution in [0.4, 0.5) is 0 Å². The Morgan fingerprint density at radius 2 is 1.71 bits per heavy atom. The Morgan fingerprint density at radius 3 is 2.00 bits per heavy atom. The van der Waals surface area contributed by atoms with Crippen LogP contribution in [0.15, 0.2) is 0 Å². The summed E-state index contributed by atoms with van der Waals surface area (Å²) in [7, 11) is 0. The van der Waals surface area contributed by atoms with Crippen molar-refractivity contribution in [2.45, 2.75) is 40.7 Å². The maximum absolute atomic E-state index is 10.1. The average molecular weight is 234 g/mol. The fourth-order valence-corrected chi connectivity index (χ4v) is 1.92. The van der Waals surface area contributed by atoms with E-state index in [0.29, 0.717) is 0 Å². The third-order valence-electron chi connectivity index (χ3n) is 2.96. The molecule has 3 atom stereocenters. The number of rotatable bonds is 3. The summed E-state index contributed by atoms with van der Waals surface area (Å²) in [6, 6.07) is 0. The van der Waals surface area contributed by atoms with E-state index < -0.39 is 0 Å². The molecule has 0 saturated carbocycles. The van der Waals surface area contributed by atoms with Gasteiger partial charge in [-0.05, 0) is 17.6 Å². The van der Waals surface area contributed by atoms with E-state index in [1.54, 1.807) is 11.8 Å². The molecule has 0 amide bonds. The summed E-state index contributed by atoms with van der Waals surface area (Å²) in [4.78, 5) is 0. The molecule has 0 rings (SSSR count). The molecule has 0 aromatic carbocycles. The van der Waals surface area contributed by atoms with Crippen molar-refractivity contribution in [2.24, 2.45) is 17.3 Å². The number of hydrogen-bond donors (Lipinski definition) is 1. The van der Waals surface area contributed by atoms with Crippen LogP contribution in [0.3, 0.4) is 0 Å². The molecule has 0 radical (unpaired) electrons. The summed E-state index contributed by atoms with van der Waals surface area (Å²) in [5, 5.41) is 10.1. The summed E-state index contributed by atoms with van der Waals surface area (Å²) < 4.78 is 0.897. The zero-order valence-corrected chi connectivity index (χ0v) is 11.6. The van der Waals surface area contributed by atoms with Gasteiger partial charge in [0.25, 0.3) is 0 Å². The van der Waals surface area contributed by atoms with Crippen molar-refractivity contribution in [3.05, 3.63) is 0 Å². The van der Waals surface area contributed by atoms with E-state index in [1.807, 2.05) is 13.2 Å². The van der Waals surface area contributed by atoms with Crippen LogP contribution in [0.1, 0.15) is 34.6 Å². The van der Waals surface area contributed by atoms with Crippen LogP contribution < -0.4 is 0 Å². The minimum absolute atomic E-state index is 0.0919. The Labute approximate surface area is 97.7 Å². The molecule has 0 saturated heterocycles. The van der Waals surface area contributed by atoms with Crippen molar-refractivity contribution in [3.8, 4) is 0 Å². The summed E-state index contributed by atoms with van der Waals surface area (Å²) in [6.07, 6.45) is 1.63. The Balaban J connectivity index is 4.46. The molecule has 3 heteroatoms. The van der Waals surface area contributed by atoms with Gasteiger partial charge < -0.3 is 5.11 Å². The molecule has 0 aliphatic carbocycles. The smallest absolute Gasteiger partial charge is 0.0649 e. The van der Waals surface area contributed by atoms with Gasteiger partial charge in [-0.25, -0.2) is 0 Å². The van der Waals surface area contributed by atoms with Crippen LogP contribution in [-0.2, 0) is 0 Å². The number of hydrogen-bond acceptors (Lipinski definition) is 3. The van der Waals surface area contributed by atoms with E-state index in [-0.39, 0.29) is 23.4 Å².